The van der Waals surface area contributed by atoms with Gasteiger partial charge in [0.1, 0.15) is 17.2 Å². The maximum absolute atomic E-state index is 8.63. The molecule has 0 saturated heterocycles. The summed E-state index contributed by atoms with van der Waals surface area (Å²) >= 11 is 0. The topological polar surface area (TPSA) is 60.7 Å². The minimum absolute atomic E-state index is 0. The average Bonchev–Trinajstić information content (AvgIpc) is 2.51. The van der Waals surface area contributed by atoms with Gasteiger partial charge in [0.25, 0.3) is 0 Å². The maximum atomic E-state index is 8.63. The van der Waals surface area contributed by atoms with Gasteiger partial charge in [-0.25, -0.2) is 0 Å². The van der Waals surface area contributed by atoms with Crippen LogP contribution in [0.5, 0.6) is 17.2 Å². The Labute approximate surface area is 157 Å². The molecule has 0 atom stereocenters. The molecule has 23 heavy (non-hydrogen) atoms. The number of para-hydroxylation sites is 3. The summed E-state index contributed by atoms with van der Waals surface area (Å²) in [5, 5.41) is 25.9. The van der Waals surface area contributed by atoms with Gasteiger partial charge in [-0.1, -0.05) is 54.6 Å². The summed E-state index contributed by atoms with van der Waals surface area (Å²) in [6, 6.07) is 26.1. The minimum atomic E-state index is 0. The van der Waals surface area contributed by atoms with Crippen LogP contribution >= 0.6 is 12.4 Å². The zero-order valence-corrected chi connectivity index (χ0v) is 14.8. The minimum Gasteiger partial charge on any atom is -0.508 e. The van der Waals surface area contributed by atoms with Crippen molar-refractivity contribution in [3.05, 3.63) is 91.0 Å². The average molecular weight is 367 g/mol. The summed E-state index contributed by atoms with van der Waals surface area (Å²) in [7, 11) is 0. The Bertz CT molecular complexity index is 503. The van der Waals surface area contributed by atoms with Crippen LogP contribution in [-0.4, -0.2) is 15.3 Å². The standard InChI is InChI=1S/3C6H6O.ClH.Ti/c3*7-6-4-2-1-3-5-6;;/h3*1-5,7H;1H;. The number of halogens is 1. The van der Waals surface area contributed by atoms with Crippen molar-refractivity contribution in [2.45, 2.75) is 0 Å². The molecule has 0 saturated carbocycles. The Morgan fingerprint density at radius 3 is 0.652 bits per heavy atom. The van der Waals surface area contributed by atoms with Crippen molar-refractivity contribution in [3.63, 3.8) is 0 Å². The summed E-state index contributed by atoms with van der Waals surface area (Å²) < 4.78 is 0. The molecule has 3 rings (SSSR count). The summed E-state index contributed by atoms with van der Waals surface area (Å²) in [6.07, 6.45) is 0. The molecule has 0 amide bonds. The van der Waals surface area contributed by atoms with Gasteiger partial charge in [-0.2, -0.15) is 0 Å². The van der Waals surface area contributed by atoms with Crippen LogP contribution in [-0.2, 0) is 21.7 Å². The third-order valence-electron chi connectivity index (χ3n) is 2.27. The van der Waals surface area contributed by atoms with Gasteiger partial charge in [0.05, 0.1) is 0 Å². The molecule has 0 radical (unpaired) electrons. The molecular weight excluding hydrogens is 348 g/mol. The van der Waals surface area contributed by atoms with Gasteiger partial charge in [0, 0.05) is 21.7 Å². The van der Waals surface area contributed by atoms with Crippen LogP contribution < -0.4 is 0 Å². The van der Waals surface area contributed by atoms with E-state index in [1.807, 2.05) is 18.2 Å². The predicted octanol–water partition coefficient (Wildman–Crippen LogP) is 4.60. The first-order chi connectivity index (χ1) is 10.2. The van der Waals surface area contributed by atoms with Crippen molar-refractivity contribution in [2.24, 2.45) is 0 Å². The zero-order chi connectivity index (χ0) is 15.3. The molecule has 0 fully saturated rings. The summed E-state index contributed by atoms with van der Waals surface area (Å²) in [5.74, 6) is 0.965. The van der Waals surface area contributed by atoms with Crippen molar-refractivity contribution in [1.29, 1.82) is 0 Å². The van der Waals surface area contributed by atoms with Crippen LogP contribution in [0.25, 0.3) is 0 Å². The molecule has 0 aliphatic carbocycles. The van der Waals surface area contributed by atoms with Crippen LogP contribution in [0, 0.1) is 0 Å². The van der Waals surface area contributed by atoms with Crippen molar-refractivity contribution in [1.82, 2.24) is 0 Å². The van der Waals surface area contributed by atoms with Crippen LogP contribution in [0.4, 0.5) is 0 Å². The van der Waals surface area contributed by atoms with Crippen molar-refractivity contribution in [3.8, 4) is 17.2 Å². The van der Waals surface area contributed by atoms with Crippen LogP contribution in [0.15, 0.2) is 91.0 Å². The SMILES string of the molecule is Cl.Oc1ccccc1.Oc1ccccc1.Oc1ccccc1.[Ti]. The largest absolute Gasteiger partial charge is 0.508 e. The summed E-state index contributed by atoms with van der Waals surface area (Å²) in [5.41, 5.74) is 0. The van der Waals surface area contributed by atoms with E-state index in [4.69, 9.17) is 15.3 Å². The fourth-order valence-corrected chi connectivity index (χ4v) is 1.28. The molecule has 3 nitrogen and oxygen atoms in total. The molecule has 0 aromatic heterocycles. The number of aromatic hydroxyl groups is 3. The monoisotopic (exact) mass is 366 g/mol. The van der Waals surface area contributed by atoms with E-state index in [1.54, 1.807) is 72.8 Å². The maximum Gasteiger partial charge on any atom is 0.115 e. The van der Waals surface area contributed by atoms with Gasteiger partial charge >= 0.3 is 0 Å². The van der Waals surface area contributed by atoms with E-state index in [2.05, 4.69) is 0 Å². The first kappa shape index (κ1) is 23.3. The van der Waals surface area contributed by atoms with E-state index in [0.717, 1.165) is 0 Å². The van der Waals surface area contributed by atoms with Crippen LogP contribution in [0.1, 0.15) is 0 Å². The Hall–Kier alpha value is -1.94. The van der Waals surface area contributed by atoms with E-state index in [0.29, 0.717) is 17.2 Å². The molecule has 120 valence electrons. The van der Waals surface area contributed by atoms with E-state index >= 15 is 0 Å². The van der Waals surface area contributed by atoms with E-state index < -0.39 is 0 Å². The molecule has 0 aliphatic rings. The molecule has 3 aromatic carbocycles. The summed E-state index contributed by atoms with van der Waals surface area (Å²) in [6.45, 7) is 0. The second-order valence-electron chi connectivity index (χ2n) is 4.01. The zero-order valence-electron chi connectivity index (χ0n) is 12.4. The van der Waals surface area contributed by atoms with Gasteiger partial charge < -0.3 is 15.3 Å². The van der Waals surface area contributed by atoms with E-state index in [9.17, 15) is 0 Å². The molecule has 3 N–H and O–H groups in total. The third kappa shape index (κ3) is 13.4. The number of hydrogen-bond acceptors (Lipinski definition) is 3. The number of benzene rings is 3. The first-order valence-corrected chi connectivity index (χ1v) is 6.40. The molecule has 0 bridgehead atoms. The van der Waals surface area contributed by atoms with Gasteiger partial charge in [-0.05, 0) is 36.4 Å². The number of phenolic OH excluding ortho intramolecular Hbond substituents is 3. The van der Waals surface area contributed by atoms with Gasteiger partial charge in [0.2, 0.25) is 0 Å². The smallest absolute Gasteiger partial charge is 0.115 e. The molecule has 0 aliphatic heterocycles. The quantitative estimate of drug-likeness (QED) is 0.510. The van der Waals surface area contributed by atoms with Crippen molar-refractivity contribution in [2.75, 3.05) is 0 Å². The van der Waals surface area contributed by atoms with Crippen molar-refractivity contribution >= 4 is 12.4 Å². The number of hydrogen-bond donors (Lipinski definition) is 3. The molecule has 0 spiro atoms. The first-order valence-electron chi connectivity index (χ1n) is 6.40. The second-order valence-corrected chi connectivity index (χ2v) is 4.01. The molecule has 5 heteroatoms. The Kier molecular flexibility index (Phi) is 15.2. The van der Waals surface area contributed by atoms with E-state index in [-0.39, 0.29) is 34.1 Å². The number of rotatable bonds is 0. The predicted molar refractivity (Wildman–Crippen MR) is 91.6 cm³/mol. The molecule has 3 aromatic rings. The third-order valence-corrected chi connectivity index (χ3v) is 2.27. The molecular formula is C18H19ClO3Ti. The van der Waals surface area contributed by atoms with Gasteiger partial charge in [-0.3, -0.25) is 0 Å². The van der Waals surface area contributed by atoms with Crippen LogP contribution in [0.3, 0.4) is 0 Å². The normalized spacial score (nSPS) is 7.83. The van der Waals surface area contributed by atoms with Gasteiger partial charge in [-0.15, -0.1) is 12.4 Å². The fourth-order valence-electron chi connectivity index (χ4n) is 1.28. The van der Waals surface area contributed by atoms with E-state index in [1.165, 1.54) is 0 Å². The molecule has 0 heterocycles. The van der Waals surface area contributed by atoms with Gasteiger partial charge in [0.15, 0.2) is 0 Å². The Morgan fingerprint density at radius 2 is 0.565 bits per heavy atom. The fraction of sp³-hybridized carbons (Fsp3) is 0. The van der Waals surface area contributed by atoms with Crippen LogP contribution in [0.2, 0.25) is 0 Å². The Morgan fingerprint density at radius 1 is 0.391 bits per heavy atom. The number of phenols is 3. The molecule has 0 unspecified atom stereocenters. The Balaban J connectivity index is 0. The van der Waals surface area contributed by atoms with Crippen molar-refractivity contribution < 1.29 is 37.0 Å². The second kappa shape index (κ2) is 15.0. The summed E-state index contributed by atoms with van der Waals surface area (Å²) in [4.78, 5) is 0.